The van der Waals surface area contributed by atoms with E-state index in [0.717, 1.165) is 0 Å². The average molecular weight is 282 g/mol. The van der Waals surface area contributed by atoms with E-state index in [1.165, 1.54) is 11.9 Å². The van der Waals surface area contributed by atoms with Crippen LogP contribution in [0.2, 0.25) is 0 Å². The minimum atomic E-state index is -1.24. The smallest absolute Gasteiger partial charge is 0.317 e. The van der Waals surface area contributed by atoms with Crippen molar-refractivity contribution in [3.63, 3.8) is 0 Å². The van der Waals surface area contributed by atoms with E-state index in [1.54, 1.807) is 24.3 Å². The molecule has 0 fully saturated rings. The molecule has 0 saturated heterocycles. The van der Waals surface area contributed by atoms with Crippen molar-refractivity contribution in [1.29, 1.82) is 0 Å². The molecule has 102 valence electrons. The second-order valence-corrected chi connectivity index (χ2v) is 4.93. The molecule has 1 aromatic rings. The molecule has 0 radical (unpaired) electrons. The summed E-state index contributed by atoms with van der Waals surface area (Å²) in [7, 11) is 1.54. The summed E-state index contributed by atoms with van der Waals surface area (Å²) < 4.78 is 0. The number of thioether (sulfide) groups is 1. The molecule has 2 amide bonds. The van der Waals surface area contributed by atoms with Crippen LogP contribution in [0.5, 0.6) is 0 Å². The number of benzene rings is 1. The van der Waals surface area contributed by atoms with Crippen molar-refractivity contribution < 1.29 is 19.5 Å². The molecule has 0 spiro atoms. The molecule has 1 rings (SSSR count). The molecule has 0 saturated carbocycles. The number of carboxylic acids is 1. The predicted octanol–water partition coefficient (Wildman–Crippen LogP) is 1.30. The van der Waals surface area contributed by atoms with Crippen LogP contribution in [0.4, 0.5) is 10.5 Å². The molecule has 19 heavy (non-hydrogen) atoms. The molecule has 3 N–H and O–H groups in total. The molecule has 1 aromatic carbocycles. The van der Waals surface area contributed by atoms with Gasteiger partial charge in [0.15, 0.2) is 0 Å². The number of rotatable bonds is 5. The summed E-state index contributed by atoms with van der Waals surface area (Å²) in [4.78, 5) is 34.9. The van der Waals surface area contributed by atoms with Gasteiger partial charge in [-0.05, 0) is 23.9 Å². The van der Waals surface area contributed by atoms with E-state index >= 15 is 0 Å². The number of carbonyl (C=O) groups excluding carboxylic acids is 2. The third-order valence-electron chi connectivity index (χ3n) is 2.32. The summed E-state index contributed by atoms with van der Waals surface area (Å²) in [5.74, 6) is -1.99. The maximum Gasteiger partial charge on any atom is 0.317 e. The van der Waals surface area contributed by atoms with E-state index < -0.39 is 22.4 Å². The van der Waals surface area contributed by atoms with Crippen molar-refractivity contribution in [3.8, 4) is 0 Å². The third kappa shape index (κ3) is 4.63. The van der Waals surface area contributed by atoms with Crippen LogP contribution in [0.1, 0.15) is 6.42 Å². The Balaban J connectivity index is 2.72. The van der Waals surface area contributed by atoms with Crippen LogP contribution in [-0.2, 0) is 9.59 Å². The molecular weight excluding hydrogens is 268 g/mol. The number of carbonyl (C=O) groups is 3. The van der Waals surface area contributed by atoms with Crippen LogP contribution in [0.15, 0.2) is 30.3 Å². The first kappa shape index (κ1) is 15.0. The van der Waals surface area contributed by atoms with Gasteiger partial charge in [-0.2, -0.15) is 0 Å². The lowest BCUT2D eigenvalue weighted by Gasteiger charge is -2.18. The standard InChI is InChI=1S/C12H14N2O4S/c1-14(8-5-3-2-4-6-8)12(18)19-9(11(16)17)7-10(13)15/h2-6,9H,7H2,1H3,(H2,13,15)(H,16,17)/t9-/m1/s1. The zero-order valence-electron chi connectivity index (χ0n) is 10.3. The van der Waals surface area contributed by atoms with Crippen LogP contribution in [0.3, 0.4) is 0 Å². The Morgan fingerprint density at radius 1 is 1.32 bits per heavy atom. The van der Waals surface area contributed by atoms with E-state index in [4.69, 9.17) is 10.8 Å². The molecule has 0 unspecified atom stereocenters. The zero-order valence-corrected chi connectivity index (χ0v) is 11.1. The fourth-order valence-corrected chi connectivity index (χ4v) is 2.18. The third-order valence-corrected chi connectivity index (χ3v) is 3.45. The molecule has 6 nitrogen and oxygen atoms in total. The van der Waals surface area contributed by atoms with Gasteiger partial charge in [-0.1, -0.05) is 18.2 Å². The Kier molecular flexibility index (Phi) is 5.37. The van der Waals surface area contributed by atoms with Crippen LogP contribution in [-0.4, -0.2) is 34.5 Å². The Morgan fingerprint density at radius 2 is 1.89 bits per heavy atom. The van der Waals surface area contributed by atoms with Gasteiger partial charge in [0.05, 0.1) is 0 Å². The highest BCUT2D eigenvalue weighted by Crippen LogP contribution is 2.22. The molecule has 0 aromatic heterocycles. The van der Waals surface area contributed by atoms with Crippen molar-refractivity contribution in [2.75, 3.05) is 11.9 Å². The molecule has 0 bridgehead atoms. The van der Waals surface area contributed by atoms with Gasteiger partial charge in [-0.15, -0.1) is 0 Å². The predicted molar refractivity (Wildman–Crippen MR) is 73.1 cm³/mol. The van der Waals surface area contributed by atoms with Gasteiger partial charge in [0.2, 0.25) is 5.91 Å². The first-order valence-electron chi connectivity index (χ1n) is 5.42. The van der Waals surface area contributed by atoms with Crippen molar-refractivity contribution >= 4 is 34.6 Å². The quantitative estimate of drug-likeness (QED) is 0.847. The summed E-state index contributed by atoms with van der Waals surface area (Å²) in [5.41, 5.74) is 5.60. The van der Waals surface area contributed by atoms with E-state index in [-0.39, 0.29) is 6.42 Å². The van der Waals surface area contributed by atoms with Crippen molar-refractivity contribution in [3.05, 3.63) is 30.3 Å². The number of hydrogen-bond donors (Lipinski definition) is 2. The highest BCUT2D eigenvalue weighted by atomic mass is 32.2. The minimum absolute atomic E-state index is 0.381. The summed E-state index contributed by atoms with van der Waals surface area (Å²) in [5, 5.41) is 7.30. The lowest BCUT2D eigenvalue weighted by Crippen LogP contribution is -2.30. The number of carboxylic acid groups (broad SMARTS) is 1. The zero-order chi connectivity index (χ0) is 14.4. The monoisotopic (exact) mass is 282 g/mol. The fraction of sp³-hybridized carbons (Fsp3) is 0.250. The largest absolute Gasteiger partial charge is 0.480 e. The number of nitrogens with zero attached hydrogens (tertiary/aromatic N) is 1. The number of aliphatic carboxylic acids is 1. The topological polar surface area (TPSA) is 101 Å². The van der Waals surface area contributed by atoms with Crippen LogP contribution in [0.25, 0.3) is 0 Å². The molecule has 0 heterocycles. The van der Waals surface area contributed by atoms with E-state index in [0.29, 0.717) is 17.4 Å². The molecular formula is C12H14N2O4S. The Labute approximate surface area is 114 Å². The first-order valence-corrected chi connectivity index (χ1v) is 6.30. The number of hydrogen-bond acceptors (Lipinski definition) is 4. The van der Waals surface area contributed by atoms with Crippen LogP contribution in [0, 0.1) is 0 Å². The Morgan fingerprint density at radius 3 is 2.37 bits per heavy atom. The van der Waals surface area contributed by atoms with Gasteiger partial charge >= 0.3 is 5.97 Å². The van der Waals surface area contributed by atoms with Gasteiger partial charge in [0.25, 0.3) is 5.24 Å². The first-order chi connectivity index (χ1) is 8.91. The van der Waals surface area contributed by atoms with Crippen molar-refractivity contribution in [2.24, 2.45) is 5.73 Å². The van der Waals surface area contributed by atoms with E-state index in [1.807, 2.05) is 6.07 Å². The van der Waals surface area contributed by atoms with E-state index in [9.17, 15) is 14.4 Å². The number of amides is 2. The maximum atomic E-state index is 11.9. The summed E-state index contributed by atoms with van der Waals surface area (Å²) >= 11 is 0.571. The van der Waals surface area contributed by atoms with Crippen molar-refractivity contribution in [2.45, 2.75) is 11.7 Å². The SMILES string of the molecule is CN(C(=O)S[C@H](CC(N)=O)C(=O)O)c1ccccc1. The lowest BCUT2D eigenvalue weighted by atomic mass is 10.3. The molecule has 0 aliphatic heterocycles. The molecule has 0 aliphatic rings. The van der Waals surface area contributed by atoms with Gasteiger partial charge in [0.1, 0.15) is 5.25 Å². The molecule has 7 heteroatoms. The van der Waals surface area contributed by atoms with Gasteiger partial charge in [-0.3, -0.25) is 14.4 Å². The maximum absolute atomic E-state index is 11.9. The lowest BCUT2D eigenvalue weighted by molar-refractivity contribution is -0.137. The molecule has 1 atom stereocenters. The Bertz CT molecular complexity index is 478. The summed E-state index contributed by atoms with van der Waals surface area (Å²) in [6.45, 7) is 0. The highest BCUT2D eigenvalue weighted by molar-refractivity contribution is 8.15. The average Bonchev–Trinajstić information content (AvgIpc) is 2.37. The number of anilines is 1. The molecule has 0 aliphatic carbocycles. The van der Waals surface area contributed by atoms with Gasteiger partial charge < -0.3 is 15.7 Å². The van der Waals surface area contributed by atoms with Crippen LogP contribution < -0.4 is 10.6 Å². The number of para-hydroxylation sites is 1. The minimum Gasteiger partial charge on any atom is -0.480 e. The second-order valence-electron chi connectivity index (χ2n) is 3.78. The summed E-state index contributed by atoms with van der Waals surface area (Å²) in [6, 6.07) is 8.79. The Hall–Kier alpha value is -2.02. The van der Waals surface area contributed by atoms with Gasteiger partial charge in [0, 0.05) is 19.2 Å². The van der Waals surface area contributed by atoms with Crippen LogP contribution >= 0.6 is 11.8 Å². The second kappa shape index (κ2) is 6.79. The van der Waals surface area contributed by atoms with Crippen molar-refractivity contribution in [1.82, 2.24) is 0 Å². The fourth-order valence-electron chi connectivity index (χ4n) is 1.32. The summed E-state index contributed by atoms with van der Waals surface area (Å²) in [6.07, 6.45) is -0.381. The highest BCUT2D eigenvalue weighted by Gasteiger charge is 2.26. The number of nitrogens with two attached hydrogens (primary N) is 1. The normalized spacial score (nSPS) is 11.6. The number of primary amides is 1. The van der Waals surface area contributed by atoms with Gasteiger partial charge in [-0.25, -0.2) is 0 Å². The van der Waals surface area contributed by atoms with E-state index in [2.05, 4.69) is 0 Å².